The fourth-order valence-corrected chi connectivity index (χ4v) is 3.89. The van der Waals surface area contributed by atoms with Gasteiger partial charge < -0.3 is 15.6 Å². The lowest BCUT2D eigenvalue weighted by molar-refractivity contribution is -0.118. The predicted molar refractivity (Wildman–Crippen MR) is 118 cm³/mol. The molecule has 0 unspecified atom stereocenters. The number of H-pyrrole nitrogens is 1. The number of nitrogens with one attached hydrogen (secondary N) is 3. The number of pyridine rings is 2. The molecule has 3 aromatic heterocycles. The number of anilines is 1. The lowest BCUT2D eigenvalue weighted by Gasteiger charge is -2.17. The summed E-state index contributed by atoms with van der Waals surface area (Å²) < 4.78 is 0. The molecule has 150 valence electrons. The summed E-state index contributed by atoms with van der Waals surface area (Å²) in [6.07, 6.45) is 9.02. The van der Waals surface area contributed by atoms with Crippen LogP contribution in [0.25, 0.3) is 22.2 Å². The minimum absolute atomic E-state index is 0.0297. The first-order chi connectivity index (χ1) is 14.7. The molecule has 5 rings (SSSR count). The van der Waals surface area contributed by atoms with Crippen molar-refractivity contribution in [1.82, 2.24) is 20.3 Å². The van der Waals surface area contributed by atoms with Crippen molar-refractivity contribution in [1.29, 1.82) is 0 Å². The van der Waals surface area contributed by atoms with Crippen molar-refractivity contribution < 1.29 is 4.79 Å². The molecule has 4 aromatic rings. The number of hydrogen-bond acceptors (Lipinski definition) is 4. The third kappa shape index (κ3) is 3.35. The molecule has 1 aliphatic carbocycles. The number of carbonyl (C=O) groups is 1. The van der Waals surface area contributed by atoms with Crippen LogP contribution < -0.4 is 10.6 Å². The molecule has 0 radical (unpaired) electrons. The summed E-state index contributed by atoms with van der Waals surface area (Å²) in [5, 5.41) is 7.27. The molecule has 0 aliphatic heterocycles. The number of aromatic amines is 1. The van der Waals surface area contributed by atoms with E-state index in [1.807, 2.05) is 62.2 Å². The molecule has 1 fully saturated rings. The Kier molecular flexibility index (Phi) is 4.56. The summed E-state index contributed by atoms with van der Waals surface area (Å²) in [5.41, 5.74) is 5.28. The van der Waals surface area contributed by atoms with Crippen molar-refractivity contribution in [2.45, 2.75) is 24.8 Å². The SMILES string of the molecule is CNCc1ccc(NC(=O)C2(c3cncc(-c4cnc5[nH]ccc5c4)c3)CC2)cc1. The van der Waals surface area contributed by atoms with Crippen LogP contribution in [-0.4, -0.2) is 27.9 Å². The van der Waals surface area contributed by atoms with E-state index in [2.05, 4.69) is 37.7 Å². The van der Waals surface area contributed by atoms with Crippen LogP contribution in [-0.2, 0) is 16.8 Å². The van der Waals surface area contributed by atoms with E-state index in [9.17, 15) is 4.79 Å². The van der Waals surface area contributed by atoms with Gasteiger partial charge in [0.15, 0.2) is 0 Å². The fraction of sp³-hybridized carbons (Fsp3) is 0.208. The smallest absolute Gasteiger partial charge is 0.235 e. The molecule has 1 amide bonds. The number of rotatable bonds is 6. The molecule has 30 heavy (non-hydrogen) atoms. The lowest BCUT2D eigenvalue weighted by Crippen LogP contribution is -2.28. The van der Waals surface area contributed by atoms with Gasteiger partial charge in [0.2, 0.25) is 5.91 Å². The molecule has 1 aromatic carbocycles. The van der Waals surface area contributed by atoms with Gasteiger partial charge in [-0.1, -0.05) is 12.1 Å². The summed E-state index contributed by atoms with van der Waals surface area (Å²) in [6.45, 7) is 0.806. The first-order valence-electron chi connectivity index (χ1n) is 10.1. The minimum atomic E-state index is -0.502. The molecule has 1 saturated carbocycles. The number of aromatic nitrogens is 3. The van der Waals surface area contributed by atoms with Crippen LogP contribution in [0.3, 0.4) is 0 Å². The van der Waals surface area contributed by atoms with E-state index in [1.165, 1.54) is 5.56 Å². The Morgan fingerprint density at radius 3 is 2.63 bits per heavy atom. The highest BCUT2D eigenvalue weighted by Gasteiger charge is 2.51. The van der Waals surface area contributed by atoms with Crippen LogP contribution in [0.2, 0.25) is 0 Å². The van der Waals surface area contributed by atoms with E-state index in [-0.39, 0.29) is 5.91 Å². The largest absolute Gasteiger partial charge is 0.346 e. The van der Waals surface area contributed by atoms with Gasteiger partial charge in [-0.2, -0.15) is 0 Å². The Hall–Kier alpha value is -3.51. The van der Waals surface area contributed by atoms with E-state index in [4.69, 9.17) is 0 Å². The van der Waals surface area contributed by atoms with Gasteiger partial charge in [0.25, 0.3) is 0 Å². The van der Waals surface area contributed by atoms with Crippen molar-refractivity contribution in [3.8, 4) is 11.1 Å². The highest BCUT2D eigenvalue weighted by Crippen LogP contribution is 2.49. The summed E-state index contributed by atoms with van der Waals surface area (Å²) in [5.74, 6) is 0.0297. The highest BCUT2D eigenvalue weighted by molar-refractivity contribution is 6.01. The Bertz CT molecular complexity index is 1210. The van der Waals surface area contributed by atoms with Gasteiger partial charge in [-0.25, -0.2) is 4.98 Å². The molecule has 0 saturated heterocycles. The second-order valence-corrected chi connectivity index (χ2v) is 7.87. The van der Waals surface area contributed by atoms with E-state index in [0.29, 0.717) is 0 Å². The van der Waals surface area contributed by atoms with E-state index >= 15 is 0 Å². The average Bonchev–Trinajstić information content (AvgIpc) is 3.46. The quantitative estimate of drug-likeness (QED) is 0.459. The van der Waals surface area contributed by atoms with Crippen LogP contribution in [0.15, 0.2) is 67.3 Å². The van der Waals surface area contributed by atoms with E-state index in [0.717, 1.165) is 52.8 Å². The maximum absolute atomic E-state index is 13.1. The number of benzene rings is 1. The monoisotopic (exact) mass is 397 g/mol. The molecule has 0 spiro atoms. The number of hydrogen-bond donors (Lipinski definition) is 3. The van der Waals surface area contributed by atoms with Crippen LogP contribution in [0, 0.1) is 0 Å². The van der Waals surface area contributed by atoms with Crippen LogP contribution >= 0.6 is 0 Å². The van der Waals surface area contributed by atoms with Crippen molar-refractivity contribution in [2.24, 2.45) is 0 Å². The third-order valence-electron chi connectivity index (χ3n) is 5.80. The molecule has 3 heterocycles. The van der Waals surface area contributed by atoms with Gasteiger partial charge in [-0.05, 0) is 61.3 Å². The average molecular weight is 397 g/mol. The summed E-state index contributed by atoms with van der Waals surface area (Å²) in [7, 11) is 1.92. The summed E-state index contributed by atoms with van der Waals surface area (Å²) >= 11 is 0. The van der Waals surface area contributed by atoms with Gasteiger partial charge in [0.1, 0.15) is 5.65 Å². The topological polar surface area (TPSA) is 82.7 Å². The number of fused-ring (bicyclic) bond motifs is 1. The Morgan fingerprint density at radius 1 is 1.07 bits per heavy atom. The Labute approximate surface area is 174 Å². The zero-order valence-corrected chi connectivity index (χ0v) is 16.8. The number of carbonyl (C=O) groups excluding carboxylic acids is 1. The molecular formula is C24H23N5O. The van der Waals surface area contributed by atoms with Crippen LogP contribution in [0.4, 0.5) is 5.69 Å². The van der Waals surface area contributed by atoms with Crippen molar-refractivity contribution in [2.75, 3.05) is 12.4 Å². The maximum Gasteiger partial charge on any atom is 0.235 e. The van der Waals surface area contributed by atoms with E-state index < -0.39 is 5.41 Å². The minimum Gasteiger partial charge on any atom is -0.346 e. The van der Waals surface area contributed by atoms with Crippen molar-refractivity contribution in [3.63, 3.8) is 0 Å². The molecule has 1 aliphatic rings. The van der Waals surface area contributed by atoms with Gasteiger partial charge in [-0.15, -0.1) is 0 Å². The zero-order chi connectivity index (χ0) is 20.6. The van der Waals surface area contributed by atoms with Gasteiger partial charge >= 0.3 is 0 Å². The molecule has 6 nitrogen and oxygen atoms in total. The number of amides is 1. The Balaban J connectivity index is 1.39. The van der Waals surface area contributed by atoms with Crippen LogP contribution in [0.5, 0.6) is 0 Å². The summed E-state index contributed by atoms with van der Waals surface area (Å²) in [6, 6.07) is 14.1. The van der Waals surface area contributed by atoms with E-state index in [1.54, 1.807) is 0 Å². The zero-order valence-electron chi connectivity index (χ0n) is 16.8. The first kappa shape index (κ1) is 18.5. The fourth-order valence-electron chi connectivity index (χ4n) is 3.89. The Morgan fingerprint density at radius 2 is 1.87 bits per heavy atom. The van der Waals surface area contributed by atoms with Gasteiger partial charge in [-0.3, -0.25) is 9.78 Å². The van der Waals surface area contributed by atoms with Crippen molar-refractivity contribution >= 4 is 22.6 Å². The molecular weight excluding hydrogens is 374 g/mol. The second kappa shape index (κ2) is 7.39. The summed E-state index contributed by atoms with van der Waals surface area (Å²) in [4.78, 5) is 25.1. The van der Waals surface area contributed by atoms with Crippen LogP contribution in [0.1, 0.15) is 24.0 Å². The molecule has 0 bridgehead atoms. The normalized spacial score (nSPS) is 14.6. The lowest BCUT2D eigenvalue weighted by atomic mass is 9.94. The van der Waals surface area contributed by atoms with Gasteiger partial charge in [0, 0.05) is 53.5 Å². The second-order valence-electron chi connectivity index (χ2n) is 7.87. The van der Waals surface area contributed by atoms with Crippen molar-refractivity contribution in [3.05, 3.63) is 78.4 Å². The molecule has 6 heteroatoms. The molecule has 0 atom stereocenters. The molecule has 3 N–H and O–H groups in total. The first-order valence-corrected chi connectivity index (χ1v) is 10.1. The highest BCUT2D eigenvalue weighted by atomic mass is 16.2. The maximum atomic E-state index is 13.1. The standard InChI is InChI=1S/C24H23N5O/c1-25-12-16-2-4-21(5-3-16)29-23(30)24(7-8-24)20-11-19(13-26-15-20)18-10-17-6-9-27-22(17)28-14-18/h2-6,9-11,13-15,25H,7-8,12H2,1H3,(H,27,28)(H,29,30). The predicted octanol–water partition coefficient (Wildman–Crippen LogP) is 4.01. The number of nitrogens with zero attached hydrogens (tertiary/aromatic N) is 2. The van der Waals surface area contributed by atoms with Gasteiger partial charge in [0.05, 0.1) is 5.41 Å². The third-order valence-corrected chi connectivity index (χ3v) is 5.80.